The van der Waals surface area contributed by atoms with E-state index in [1.807, 2.05) is 0 Å². The molecule has 0 aromatic rings. The van der Waals surface area contributed by atoms with Crippen LogP contribution >= 0.6 is 12.4 Å². The van der Waals surface area contributed by atoms with Gasteiger partial charge in [-0.15, -0.1) is 12.4 Å². The maximum absolute atomic E-state index is 8.84. The third kappa shape index (κ3) is 2.10. The molecule has 0 aliphatic heterocycles. The predicted molar refractivity (Wildman–Crippen MR) is 36.5 cm³/mol. The Kier molecular flexibility index (Phi) is 3.43. The number of nitrogens with two attached hydrogens (primary N) is 1. The van der Waals surface area contributed by atoms with Crippen molar-refractivity contribution in [2.75, 3.05) is 0 Å². The normalized spacial score (nSPS) is 42.3. The molecular weight excluding hydrogens is 142 g/mol. The SMILES string of the molecule is Cl.NC1C[C@@H](O)[C@@H](O)C1. The van der Waals surface area contributed by atoms with E-state index in [2.05, 4.69) is 0 Å². The molecule has 1 fully saturated rings. The summed E-state index contributed by atoms with van der Waals surface area (Å²) in [7, 11) is 0. The molecule has 0 bridgehead atoms. The van der Waals surface area contributed by atoms with Crippen LogP contribution < -0.4 is 5.73 Å². The van der Waals surface area contributed by atoms with Gasteiger partial charge in [0.2, 0.25) is 0 Å². The molecule has 0 radical (unpaired) electrons. The summed E-state index contributed by atoms with van der Waals surface area (Å²) in [5.74, 6) is 0. The van der Waals surface area contributed by atoms with E-state index in [9.17, 15) is 0 Å². The van der Waals surface area contributed by atoms with Crippen LogP contribution in [0.15, 0.2) is 0 Å². The van der Waals surface area contributed by atoms with Gasteiger partial charge in [0.25, 0.3) is 0 Å². The van der Waals surface area contributed by atoms with Crippen LogP contribution in [-0.2, 0) is 0 Å². The fraction of sp³-hybridized carbons (Fsp3) is 1.00. The molecule has 0 aromatic heterocycles. The molecule has 0 amide bonds. The molecule has 4 N–H and O–H groups in total. The first-order chi connectivity index (χ1) is 3.70. The van der Waals surface area contributed by atoms with E-state index in [-0.39, 0.29) is 18.4 Å². The van der Waals surface area contributed by atoms with E-state index in [1.165, 1.54) is 0 Å². The molecule has 1 aliphatic carbocycles. The Bertz CT molecular complexity index is 81.0. The molecule has 0 saturated heterocycles. The minimum Gasteiger partial charge on any atom is -0.390 e. The van der Waals surface area contributed by atoms with Crippen LogP contribution in [0.1, 0.15) is 12.8 Å². The number of hydrogen-bond acceptors (Lipinski definition) is 3. The van der Waals surface area contributed by atoms with Crippen LogP contribution in [0, 0.1) is 0 Å². The lowest BCUT2D eigenvalue weighted by molar-refractivity contribution is 0.0438. The van der Waals surface area contributed by atoms with E-state index in [1.54, 1.807) is 0 Å². The summed E-state index contributed by atoms with van der Waals surface area (Å²) in [6.45, 7) is 0. The maximum Gasteiger partial charge on any atom is 0.0814 e. The van der Waals surface area contributed by atoms with Crippen molar-refractivity contribution >= 4 is 12.4 Å². The first-order valence-corrected chi connectivity index (χ1v) is 2.82. The van der Waals surface area contributed by atoms with Gasteiger partial charge in [0.1, 0.15) is 0 Å². The summed E-state index contributed by atoms with van der Waals surface area (Å²) >= 11 is 0. The van der Waals surface area contributed by atoms with Crippen molar-refractivity contribution in [3.63, 3.8) is 0 Å². The number of halogens is 1. The Morgan fingerprint density at radius 1 is 1.11 bits per heavy atom. The smallest absolute Gasteiger partial charge is 0.0814 e. The second kappa shape index (κ2) is 3.37. The molecule has 0 aromatic carbocycles. The van der Waals surface area contributed by atoms with Gasteiger partial charge in [-0.25, -0.2) is 0 Å². The highest BCUT2D eigenvalue weighted by Crippen LogP contribution is 2.17. The predicted octanol–water partition coefficient (Wildman–Crippen LogP) is -0.749. The van der Waals surface area contributed by atoms with Gasteiger partial charge in [-0.1, -0.05) is 0 Å². The minimum absolute atomic E-state index is 0. The average Bonchev–Trinajstić information content (AvgIpc) is 1.85. The summed E-state index contributed by atoms with van der Waals surface area (Å²) < 4.78 is 0. The summed E-state index contributed by atoms with van der Waals surface area (Å²) in [5, 5.41) is 17.7. The van der Waals surface area contributed by atoms with Crippen molar-refractivity contribution in [3.05, 3.63) is 0 Å². The van der Waals surface area contributed by atoms with Gasteiger partial charge < -0.3 is 15.9 Å². The molecule has 3 atom stereocenters. The molecule has 1 rings (SSSR count). The van der Waals surface area contributed by atoms with E-state index in [0.29, 0.717) is 12.8 Å². The van der Waals surface area contributed by atoms with Crippen LogP contribution in [0.25, 0.3) is 0 Å². The van der Waals surface area contributed by atoms with Crippen LogP contribution in [0.3, 0.4) is 0 Å². The van der Waals surface area contributed by atoms with E-state index < -0.39 is 12.2 Å². The molecule has 1 aliphatic rings. The van der Waals surface area contributed by atoms with Crippen molar-refractivity contribution in [1.29, 1.82) is 0 Å². The lowest BCUT2D eigenvalue weighted by Gasteiger charge is -2.02. The fourth-order valence-corrected chi connectivity index (χ4v) is 1.03. The average molecular weight is 154 g/mol. The number of hydrogen-bond donors (Lipinski definition) is 3. The quantitative estimate of drug-likeness (QED) is 0.429. The molecule has 1 unspecified atom stereocenters. The summed E-state index contributed by atoms with van der Waals surface area (Å²) in [6, 6.07) is -0.000000000000000444. The number of aliphatic hydroxyl groups excluding tert-OH is 2. The van der Waals surface area contributed by atoms with Crippen LogP contribution in [0.5, 0.6) is 0 Å². The second-order valence-corrected chi connectivity index (χ2v) is 2.37. The Morgan fingerprint density at radius 3 is 1.56 bits per heavy atom. The van der Waals surface area contributed by atoms with Gasteiger partial charge in [-0.2, -0.15) is 0 Å². The Balaban J connectivity index is 0.000000640. The van der Waals surface area contributed by atoms with Gasteiger partial charge in [-0.05, 0) is 12.8 Å². The minimum atomic E-state index is -0.579. The van der Waals surface area contributed by atoms with E-state index in [4.69, 9.17) is 15.9 Å². The molecule has 4 heteroatoms. The van der Waals surface area contributed by atoms with Crippen LogP contribution in [-0.4, -0.2) is 28.5 Å². The molecule has 9 heavy (non-hydrogen) atoms. The lowest BCUT2D eigenvalue weighted by Crippen LogP contribution is -2.17. The Hall–Kier alpha value is 0.170. The van der Waals surface area contributed by atoms with Crippen LogP contribution in [0.4, 0.5) is 0 Å². The lowest BCUT2D eigenvalue weighted by atomic mass is 10.3. The second-order valence-electron chi connectivity index (χ2n) is 2.37. The molecule has 0 spiro atoms. The third-order valence-corrected chi connectivity index (χ3v) is 1.53. The van der Waals surface area contributed by atoms with Crippen molar-refractivity contribution in [2.24, 2.45) is 5.73 Å². The highest BCUT2D eigenvalue weighted by molar-refractivity contribution is 5.85. The number of rotatable bonds is 0. The zero-order valence-corrected chi connectivity index (χ0v) is 5.84. The van der Waals surface area contributed by atoms with Crippen molar-refractivity contribution < 1.29 is 10.2 Å². The Morgan fingerprint density at radius 2 is 1.44 bits per heavy atom. The zero-order chi connectivity index (χ0) is 6.15. The maximum atomic E-state index is 8.84. The largest absolute Gasteiger partial charge is 0.390 e. The molecule has 3 nitrogen and oxygen atoms in total. The molecular formula is C5H12ClNO2. The van der Waals surface area contributed by atoms with E-state index >= 15 is 0 Å². The molecule has 0 heterocycles. The summed E-state index contributed by atoms with van der Waals surface area (Å²) in [6.07, 6.45) is -0.0718. The first kappa shape index (κ1) is 9.17. The van der Waals surface area contributed by atoms with E-state index in [0.717, 1.165) is 0 Å². The number of aliphatic hydroxyl groups is 2. The topological polar surface area (TPSA) is 66.5 Å². The van der Waals surface area contributed by atoms with Gasteiger partial charge >= 0.3 is 0 Å². The monoisotopic (exact) mass is 153 g/mol. The zero-order valence-electron chi connectivity index (χ0n) is 5.03. The first-order valence-electron chi connectivity index (χ1n) is 2.82. The van der Waals surface area contributed by atoms with Crippen molar-refractivity contribution in [1.82, 2.24) is 0 Å². The van der Waals surface area contributed by atoms with Crippen molar-refractivity contribution in [2.45, 2.75) is 31.1 Å². The highest BCUT2D eigenvalue weighted by atomic mass is 35.5. The van der Waals surface area contributed by atoms with Crippen molar-refractivity contribution in [3.8, 4) is 0 Å². The van der Waals surface area contributed by atoms with Gasteiger partial charge in [0, 0.05) is 6.04 Å². The molecule has 1 saturated carbocycles. The summed E-state index contributed by atoms with van der Waals surface area (Å²) in [5.41, 5.74) is 5.40. The summed E-state index contributed by atoms with van der Waals surface area (Å²) in [4.78, 5) is 0. The van der Waals surface area contributed by atoms with Gasteiger partial charge in [-0.3, -0.25) is 0 Å². The Labute approximate surface area is 60.3 Å². The molecule has 56 valence electrons. The third-order valence-electron chi connectivity index (χ3n) is 1.53. The highest BCUT2D eigenvalue weighted by Gasteiger charge is 2.28. The fourth-order valence-electron chi connectivity index (χ4n) is 1.03. The van der Waals surface area contributed by atoms with Gasteiger partial charge in [0.05, 0.1) is 12.2 Å². The standard InChI is InChI=1S/C5H11NO2.ClH/c6-3-1-4(7)5(8)2-3;/h3-5,7-8H,1-2,6H2;1H/t3?,4-,5+;. The van der Waals surface area contributed by atoms with Gasteiger partial charge in [0.15, 0.2) is 0 Å². The van der Waals surface area contributed by atoms with Crippen LogP contribution in [0.2, 0.25) is 0 Å².